The first-order valence-electron chi connectivity index (χ1n) is 9.96. The van der Waals surface area contributed by atoms with Gasteiger partial charge in [-0.1, -0.05) is 19.8 Å². The number of aryl methyl sites for hydroxylation is 1. The Morgan fingerprint density at radius 1 is 1.12 bits per heavy atom. The molecule has 1 aliphatic rings. The molecule has 1 atom stereocenters. The fourth-order valence-corrected chi connectivity index (χ4v) is 3.51. The largest absolute Gasteiger partial charge is 1.00 e. The van der Waals surface area contributed by atoms with Crippen LogP contribution in [0.25, 0.3) is 0 Å². The second-order valence-corrected chi connectivity index (χ2v) is 7.14. The molecule has 0 aromatic carbocycles. The van der Waals surface area contributed by atoms with Crippen LogP contribution in [0.2, 0.25) is 0 Å². The Morgan fingerprint density at radius 3 is 2.60 bits per heavy atom. The lowest BCUT2D eigenvalue weighted by Gasteiger charge is -2.18. The molecule has 0 aliphatic carbocycles. The molecular weight excluding hydrogens is 419 g/mol. The van der Waals surface area contributed by atoms with Gasteiger partial charge in [0.2, 0.25) is 0 Å². The van der Waals surface area contributed by atoms with Crippen LogP contribution in [0, 0.1) is 11.8 Å². The van der Waals surface area contributed by atoms with Gasteiger partial charge in [-0.05, 0) is 51.8 Å². The van der Waals surface area contributed by atoms with Crippen molar-refractivity contribution in [3.8, 4) is 11.8 Å². The monoisotopic (exact) mass is 454 g/mol. The summed E-state index contributed by atoms with van der Waals surface area (Å²) in [6.07, 6.45) is 17.1. The van der Waals surface area contributed by atoms with Gasteiger partial charge in [-0.25, -0.2) is 4.57 Å². The van der Waals surface area contributed by atoms with E-state index in [1.54, 1.807) is 0 Å². The van der Waals surface area contributed by atoms with Gasteiger partial charge in [0.1, 0.15) is 6.54 Å². The standard InChI is InChI=1S/C22H35N2.HI/c1-3-4-5-6-7-8-9-10-11-12-18-24-19-13-15-21(20-24)22-16-14-17-23(22)2;/h13,15,19-20,22H,3-5,8-12,14,16-18H2,1-2H3;1H/q+1;/p-1. The number of hydrogen-bond donors (Lipinski definition) is 0. The lowest BCUT2D eigenvalue weighted by Crippen LogP contribution is -3.00. The van der Waals surface area contributed by atoms with Crippen LogP contribution in [-0.2, 0) is 6.54 Å². The van der Waals surface area contributed by atoms with Crippen molar-refractivity contribution < 1.29 is 28.5 Å². The molecular formula is C22H35IN2. The SMILES string of the molecule is CCCCC#CCCCCCC[n+]1cccc(C2CCCN2C)c1.[I-]. The van der Waals surface area contributed by atoms with Gasteiger partial charge < -0.3 is 24.0 Å². The Balaban J connectivity index is 0.00000312. The maximum atomic E-state index is 3.31. The van der Waals surface area contributed by atoms with Gasteiger partial charge in [0.15, 0.2) is 12.4 Å². The van der Waals surface area contributed by atoms with Gasteiger partial charge in [-0.3, -0.25) is 4.90 Å². The first-order chi connectivity index (χ1) is 11.8. The zero-order valence-corrected chi connectivity index (χ0v) is 18.3. The summed E-state index contributed by atoms with van der Waals surface area (Å²) < 4.78 is 2.38. The van der Waals surface area contributed by atoms with Crippen LogP contribution >= 0.6 is 0 Å². The van der Waals surface area contributed by atoms with E-state index in [1.807, 2.05) is 0 Å². The predicted molar refractivity (Wildman–Crippen MR) is 102 cm³/mol. The number of likely N-dealkylation sites (tertiary alicyclic amines) is 1. The van der Waals surface area contributed by atoms with Crippen molar-refractivity contribution in [2.24, 2.45) is 0 Å². The predicted octanol–water partition coefficient (Wildman–Crippen LogP) is 1.89. The minimum atomic E-state index is 0. The number of hydrogen-bond acceptors (Lipinski definition) is 1. The molecule has 0 spiro atoms. The van der Waals surface area contributed by atoms with Gasteiger partial charge in [-0.2, -0.15) is 0 Å². The highest BCUT2D eigenvalue weighted by Gasteiger charge is 2.24. The van der Waals surface area contributed by atoms with Crippen molar-refractivity contribution in [2.75, 3.05) is 13.6 Å². The van der Waals surface area contributed by atoms with Crippen molar-refractivity contribution >= 4 is 0 Å². The van der Waals surface area contributed by atoms with Crippen LogP contribution in [0.5, 0.6) is 0 Å². The lowest BCUT2D eigenvalue weighted by atomic mass is 10.1. The second kappa shape index (κ2) is 13.6. The summed E-state index contributed by atoms with van der Waals surface area (Å²) in [6, 6.07) is 5.14. The molecule has 0 bridgehead atoms. The van der Waals surface area contributed by atoms with Crippen molar-refractivity contribution in [3.63, 3.8) is 0 Å². The first kappa shape index (κ1) is 22.4. The molecule has 0 radical (unpaired) electrons. The van der Waals surface area contributed by atoms with Crippen molar-refractivity contribution in [3.05, 3.63) is 30.1 Å². The molecule has 2 nitrogen and oxygen atoms in total. The molecule has 0 saturated carbocycles. The van der Waals surface area contributed by atoms with Gasteiger partial charge in [0.05, 0.1) is 0 Å². The average molecular weight is 454 g/mol. The summed E-state index contributed by atoms with van der Waals surface area (Å²) in [7, 11) is 2.25. The molecule has 1 saturated heterocycles. The van der Waals surface area contributed by atoms with E-state index < -0.39 is 0 Å². The molecule has 2 heterocycles. The van der Waals surface area contributed by atoms with Crippen LogP contribution in [0.15, 0.2) is 24.5 Å². The number of nitrogens with zero attached hydrogens (tertiary/aromatic N) is 2. The highest BCUT2D eigenvalue weighted by atomic mass is 127. The number of pyridine rings is 1. The topological polar surface area (TPSA) is 7.12 Å². The van der Waals surface area contributed by atoms with Crippen LogP contribution < -0.4 is 28.5 Å². The van der Waals surface area contributed by atoms with Gasteiger partial charge in [0, 0.05) is 36.9 Å². The average Bonchev–Trinajstić information content (AvgIpc) is 3.03. The number of rotatable bonds is 9. The molecule has 2 rings (SSSR count). The summed E-state index contributed by atoms with van der Waals surface area (Å²) in [5.41, 5.74) is 1.49. The van der Waals surface area contributed by atoms with Crippen LogP contribution in [0.4, 0.5) is 0 Å². The zero-order valence-electron chi connectivity index (χ0n) is 16.1. The Bertz CT molecular complexity index is 532. The quantitative estimate of drug-likeness (QED) is 0.239. The fourth-order valence-electron chi connectivity index (χ4n) is 3.51. The van der Waals surface area contributed by atoms with Gasteiger partial charge in [0.25, 0.3) is 0 Å². The van der Waals surface area contributed by atoms with Gasteiger partial charge >= 0.3 is 0 Å². The van der Waals surface area contributed by atoms with Gasteiger partial charge in [-0.15, -0.1) is 11.8 Å². The Kier molecular flexibility index (Phi) is 12.2. The van der Waals surface area contributed by atoms with E-state index in [0.717, 1.165) is 19.4 Å². The van der Waals surface area contributed by atoms with Crippen LogP contribution in [-0.4, -0.2) is 18.5 Å². The highest BCUT2D eigenvalue weighted by Crippen LogP contribution is 2.29. The van der Waals surface area contributed by atoms with Crippen molar-refractivity contribution in [2.45, 2.75) is 83.7 Å². The van der Waals surface area contributed by atoms with Crippen molar-refractivity contribution in [1.82, 2.24) is 4.90 Å². The Morgan fingerprint density at radius 2 is 1.88 bits per heavy atom. The smallest absolute Gasteiger partial charge is 0.173 e. The minimum absolute atomic E-state index is 0. The molecule has 0 amide bonds. The Hall–Kier alpha value is -0.600. The molecule has 3 heteroatoms. The van der Waals surface area contributed by atoms with E-state index in [-0.39, 0.29) is 24.0 Å². The lowest BCUT2D eigenvalue weighted by molar-refractivity contribution is -0.697. The van der Waals surface area contributed by atoms with E-state index >= 15 is 0 Å². The third kappa shape index (κ3) is 8.55. The van der Waals surface area contributed by atoms with E-state index in [2.05, 4.69) is 59.8 Å². The molecule has 1 aromatic rings. The third-order valence-corrected chi connectivity index (χ3v) is 5.03. The highest BCUT2D eigenvalue weighted by molar-refractivity contribution is 5.12. The number of halogens is 1. The normalized spacial score (nSPS) is 17.0. The van der Waals surface area contributed by atoms with E-state index in [9.17, 15) is 0 Å². The van der Waals surface area contributed by atoms with Crippen LogP contribution in [0.3, 0.4) is 0 Å². The van der Waals surface area contributed by atoms with E-state index in [0.29, 0.717) is 6.04 Å². The minimum Gasteiger partial charge on any atom is -1.00 e. The maximum absolute atomic E-state index is 3.31. The Labute approximate surface area is 172 Å². The molecule has 1 aromatic heterocycles. The summed E-state index contributed by atoms with van der Waals surface area (Å²) in [4.78, 5) is 2.49. The molecule has 140 valence electrons. The maximum Gasteiger partial charge on any atom is 0.173 e. The number of unbranched alkanes of at least 4 members (excludes halogenated alkanes) is 6. The van der Waals surface area contributed by atoms with E-state index in [4.69, 9.17) is 0 Å². The molecule has 1 aliphatic heterocycles. The summed E-state index contributed by atoms with van der Waals surface area (Å²) in [6.45, 7) is 4.61. The first-order valence-corrected chi connectivity index (χ1v) is 9.96. The summed E-state index contributed by atoms with van der Waals surface area (Å²) in [5.74, 6) is 6.59. The van der Waals surface area contributed by atoms with Crippen LogP contribution in [0.1, 0.15) is 82.7 Å². The molecule has 0 N–H and O–H groups in total. The third-order valence-electron chi connectivity index (χ3n) is 5.03. The van der Waals surface area contributed by atoms with Crippen molar-refractivity contribution in [1.29, 1.82) is 0 Å². The number of aromatic nitrogens is 1. The fraction of sp³-hybridized carbons (Fsp3) is 0.682. The second-order valence-electron chi connectivity index (χ2n) is 7.14. The van der Waals surface area contributed by atoms with E-state index in [1.165, 1.54) is 63.5 Å². The summed E-state index contributed by atoms with van der Waals surface area (Å²) in [5, 5.41) is 0. The molecule has 1 fully saturated rings. The molecule has 25 heavy (non-hydrogen) atoms. The zero-order chi connectivity index (χ0) is 17.0. The molecule has 1 unspecified atom stereocenters. The summed E-state index contributed by atoms with van der Waals surface area (Å²) >= 11 is 0.